The van der Waals surface area contributed by atoms with Crippen LogP contribution >= 0.6 is 34.8 Å². The van der Waals surface area contributed by atoms with Crippen LogP contribution in [-0.4, -0.2) is 29.4 Å². The van der Waals surface area contributed by atoms with Crippen molar-refractivity contribution in [3.8, 4) is 0 Å². The third kappa shape index (κ3) is 5.14. The molecule has 0 fully saturated rings. The monoisotopic (exact) mass is 357 g/mol. The topological polar surface area (TPSA) is 45.2 Å². The number of aromatic nitrogens is 1. The van der Waals surface area contributed by atoms with Crippen molar-refractivity contribution in [3.63, 3.8) is 0 Å². The normalized spacial score (nSPS) is 10.8. The van der Waals surface area contributed by atoms with E-state index >= 15 is 0 Å². The van der Waals surface area contributed by atoms with Crippen molar-refractivity contribution in [3.05, 3.63) is 57.2 Å². The van der Waals surface area contributed by atoms with Crippen molar-refractivity contribution in [2.45, 2.75) is 6.54 Å². The van der Waals surface area contributed by atoms with Crippen LogP contribution in [0, 0.1) is 0 Å². The van der Waals surface area contributed by atoms with Gasteiger partial charge in [-0.3, -0.25) is 9.69 Å². The molecule has 0 bridgehead atoms. The molecule has 0 saturated heterocycles. The Labute approximate surface area is 144 Å². The van der Waals surface area contributed by atoms with E-state index in [1.54, 1.807) is 0 Å². The molecule has 0 unspecified atom stereocenters. The molecule has 0 atom stereocenters. The van der Waals surface area contributed by atoms with Gasteiger partial charge in [0.25, 0.3) is 0 Å². The van der Waals surface area contributed by atoms with E-state index in [0.29, 0.717) is 27.4 Å². The minimum atomic E-state index is -0.201. The van der Waals surface area contributed by atoms with Crippen LogP contribution in [0.4, 0.5) is 5.82 Å². The zero-order valence-electron chi connectivity index (χ0n) is 11.8. The summed E-state index contributed by atoms with van der Waals surface area (Å²) in [7, 11) is 1.85. The van der Waals surface area contributed by atoms with Gasteiger partial charge >= 0.3 is 0 Å². The van der Waals surface area contributed by atoms with Gasteiger partial charge in [-0.25, -0.2) is 4.98 Å². The molecule has 7 heteroatoms. The van der Waals surface area contributed by atoms with Crippen molar-refractivity contribution in [2.75, 3.05) is 18.9 Å². The zero-order valence-corrected chi connectivity index (χ0v) is 14.1. The first-order valence-corrected chi connectivity index (χ1v) is 7.61. The molecule has 1 amide bonds. The number of hydrogen-bond donors (Lipinski definition) is 1. The minimum absolute atomic E-state index is 0.201. The second-order valence-electron chi connectivity index (χ2n) is 4.83. The first-order valence-electron chi connectivity index (χ1n) is 6.48. The number of nitrogens with zero attached hydrogens (tertiary/aromatic N) is 2. The summed E-state index contributed by atoms with van der Waals surface area (Å²) in [5, 5.41) is 4.07. The summed E-state index contributed by atoms with van der Waals surface area (Å²) in [4.78, 5) is 17.9. The molecule has 0 aliphatic carbocycles. The molecule has 1 heterocycles. The van der Waals surface area contributed by atoms with E-state index in [0.717, 1.165) is 5.56 Å². The average molecular weight is 359 g/mol. The van der Waals surface area contributed by atoms with Gasteiger partial charge in [0.05, 0.1) is 16.6 Å². The molecular weight excluding hydrogens is 345 g/mol. The Kier molecular flexibility index (Phi) is 6.03. The van der Waals surface area contributed by atoms with E-state index in [4.69, 9.17) is 34.8 Å². The molecule has 0 spiro atoms. The molecule has 1 N–H and O–H groups in total. The number of hydrogen-bond acceptors (Lipinski definition) is 3. The number of carbonyl (C=O) groups excluding carboxylic acids is 1. The number of pyridine rings is 1. The van der Waals surface area contributed by atoms with E-state index in [9.17, 15) is 4.79 Å². The van der Waals surface area contributed by atoms with Crippen LogP contribution in [0.2, 0.25) is 15.1 Å². The molecule has 0 saturated carbocycles. The first kappa shape index (κ1) is 17.0. The lowest BCUT2D eigenvalue weighted by molar-refractivity contribution is -0.117. The molecule has 2 rings (SSSR count). The van der Waals surface area contributed by atoms with E-state index in [2.05, 4.69) is 10.3 Å². The summed E-state index contributed by atoms with van der Waals surface area (Å²) in [5.74, 6) is 0.101. The molecule has 1 aromatic heterocycles. The van der Waals surface area contributed by atoms with Gasteiger partial charge in [-0.15, -0.1) is 0 Å². The quantitative estimate of drug-likeness (QED) is 0.875. The van der Waals surface area contributed by atoms with E-state index in [1.165, 1.54) is 12.3 Å². The van der Waals surface area contributed by atoms with E-state index in [-0.39, 0.29) is 12.5 Å². The number of amides is 1. The maximum atomic E-state index is 12.0. The second-order valence-corrected chi connectivity index (χ2v) is 6.11. The molecular formula is C15H14Cl3N3O. The number of rotatable bonds is 5. The fraction of sp³-hybridized carbons (Fsp3) is 0.200. The Hall–Kier alpha value is -1.33. The Balaban J connectivity index is 1.89. The predicted octanol–water partition coefficient (Wildman–Crippen LogP) is 4.11. The van der Waals surface area contributed by atoms with Crippen LogP contribution in [0.5, 0.6) is 0 Å². The van der Waals surface area contributed by atoms with Gasteiger partial charge in [-0.05, 0) is 30.8 Å². The predicted molar refractivity (Wildman–Crippen MR) is 90.7 cm³/mol. The summed E-state index contributed by atoms with van der Waals surface area (Å²) in [5.41, 5.74) is 1.07. The van der Waals surface area contributed by atoms with Crippen LogP contribution in [0.1, 0.15) is 5.56 Å². The third-order valence-corrected chi connectivity index (χ3v) is 3.59. The Morgan fingerprint density at radius 1 is 1.18 bits per heavy atom. The van der Waals surface area contributed by atoms with Gasteiger partial charge in [-0.2, -0.15) is 0 Å². The molecule has 0 radical (unpaired) electrons. The standard InChI is InChI=1S/C15H14Cl3N3O/c1-21(8-10-2-4-11(16)5-3-10)9-14(22)20-15-13(18)6-12(17)7-19-15/h2-7H,8-9H2,1H3,(H,19,20,22). The molecule has 2 aromatic rings. The summed E-state index contributed by atoms with van der Waals surface area (Å²) in [6.07, 6.45) is 1.43. The maximum absolute atomic E-state index is 12.0. The van der Waals surface area contributed by atoms with Crippen LogP contribution in [-0.2, 0) is 11.3 Å². The number of likely N-dealkylation sites (N-methyl/N-ethyl adjacent to an activating group) is 1. The molecule has 116 valence electrons. The van der Waals surface area contributed by atoms with Crippen LogP contribution in [0.25, 0.3) is 0 Å². The Morgan fingerprint density at radius 3 is 2.50 bits per heavy atom. The highest BCUT2D eigenvalue weighted by Crippen LogP contribution is 2.22. The Morgan fingerprint density at radius 2 is 1.86 bits per heavy atom. The molecule has 0 aliphatic heterocycles. The molecule has 1 aromatic carbocycles. The third-order valence-electron chi connectivity index (χ3n) is 2.84. The van der Waals surface area contributed by atoms with Crippen molar-refractivity contribution in [2.24, 2.45) is 0 Å². The van der Waals surface area contributed by atoms with Crippen molar-refractivity contribution >= 4 is 46.5 Å². The first-order chi connectivity index (χ1) is 10.4. The second kappa shape index (κ2) is 7.79. The van der Waals surface area contributed by atoms with Gasteiger partial charge in [0.2, 0.25) is 5.91 Å². The summed E-state index contributed by atoms with van der Waals surface area (Å²) in [6.45, 7) is 0.843. The van der Waals surface area contributed by atoms with E-state index < -0.39 is 0 Å². The molecule has 0 aliphatic rings. The number of anilines is 1. The van der Waals surface area contributed by atoms with Gasteiger partial charge < -0.3 is 5.32 Å². The van der Waals surface area contributed by atoms with Crippen LogP contribution in [0.3, 0.4) is 0 Å². The summed E-state index contributed by atoms with van der Waals surface area (Å²) in [6, 6.07) is 9.02. The zero-order chi connectivity index (χ0) is 16.1. The lowest BCUT2D eigenvalue weighted by Gasteiger charge is -2.16. The van der Waals surface area contributed by atoms with Crippen LogP contribution < -0.4 is 5.32 Å². The SMILES string of the molecule is CN(CC(=O)Nc1ncc(Cl)cc1Cl)Cc1ccc(Cl)cc1. The summed E-state index contributed by atoms with van der Waals surface area (Å²) < 4.78 is 0. The Bertz CT molecular complexity index is 662. The van der Waals surface area contributed by atoms with Crippen molar-refractivity contribution < 1.29 is 4.79 Å². The number of nitrogens with one attached hydrogen (secondary N) is 1. The highest BCUT2D eigenvalue weighted by Gasteiger charge is 2.10. The van der Waals surface area contributed by atoms with Gasteiger partial charge in [0.1, 0.15) is 0 Å². The lowest BCUT2D eigenvalue weighted by Crippen LogP contribution is -2.30. The minimum Gasteiger partial charge on any atom is -0.308 e. The van der Waals surface area contributed by atoms with Gasteiger partial charge in [0, 0.05) is 17.8 Å². The fourth-order valence-electron chi connectivity index (χ4n) is 1.88. The van der Waals surface area contributed by atoms with Crippen molar-refractivity contribution in [1.82, 2.24) is 9.88 Å². The maximum Gasteiger partial charge on any atom is 0.239 e. The number of halogens is 3. The summed E-state index contributed by atoms with van der Waals surface area (Å²) >= 11 is 17.6. The smallest absolute Gasteiger partial charge is 0.239 e. The number of benzene rings is 1. The molecule has 4 nitrogen and oxygen atoms in total. The van der Waals surface area contributed by atoms with Crippen LogP contribution in [0.15, 0.2) is 36.5 Å². The van der Waals surface area contributed by atoms with Gasteiger partial charge in [0.15, 0.2) is 5.82 Å². The van der Waals surface area contributed by atoms with Crippen molar-refractivity contribution in [1.29, 1.82) is 0 Å². The average Bonchev–Trinajstić information content (AvgIpc) is 2.44. The van der Waals surface area contributed by atoms with Gasteiger partial charge in [-0.1, -0.05) is 46.9 Å². The number of carbonyl (C=O) groups is 1. The largest absolute Gasteiger partial charge is 0.308 e. The fourth-order valence-corrected chi connectivity index (χ4v) is 2.43. The highest BCUT2D eigenvalue weighted by molar-refractivity contribution is 6.36. The highest BCUT2D eigenvalue weighted by atomic mass is 35.5. The van der Waals surface area contributed by atoms with E-state index in [1.807, 2.05) is 36.2 Å². The lowest BCUT2D eigenvalue weighted by atomic mass is 10.2. The molecule has 22 heavy (non-hydrogen) atoms.